The summed E-state index contributed by atoms with van der Waals surface area (Å²) >= 11 is 0. The van der Waals surface area contributed by atoms with Gasteiger partial charge >= 0.3 is 0 Å². The highest BCUT2D eigenvalue weighted by molar-refractivity contribution is 4.86. The maximum absolute atomic E-state index is 5.93. The van der Waals surface area contributed by atoms with E-state index in [1.807, 2.05) is 0 Å². The summed E-state index contributed by atoms with van der Waals surface area (Å²) in [5.74, 6) is 0. The Morgan fingerprint density at radius 3 is 2.85 bits per heavy atom. The van der Waals surface area contributed by atoms with E-state index in [4.69, 9.17) is 10.5 Å². The minimum absolute atomic E-state index is 0.425. The zero-order valence-electron chi connectivity index (χ0n) is 8.41. The van der Waals surface area contributed by atoms with E-state index in [1.165, 1.54) is 6.42 Å². The van der Waals surface area contributed by atoms with Crippen molar-refractivity contribution in [1.82, 2.24) is 4.90 Å². The van der Waals surface area contributed by atoms with Gasteiger partial charge in [-0.05, 0) is 26.2 Å². The lowest BCUT2D eigenvalue weighted by Crippen LogP contribution is -2.50. The average molecular weight is 184 g/mol. The molecule has 3 atom stereocenters. The van der Waals surface area contributed by atoms with Gasteiger partial charge in [-0.1, -0.05) is 0 Å². The summed E-state index contributed by atoms with van der Waals surface area (Å²) in [6, 6.07) is 1.74. The number of ether oxygens (including phenoxy) is 1. The monoisotopic (exact) mass is 184 g/mol. The highest BCUT2D eigenvalue weighted by atomic mass is 16.5. The summed E-state index contributed by atoms with van der Waals surface area (Å²) < 4.78 is 5.41. The van der Waals surface area contributed by atoms with E-state index in [0.29, 0.717) is 18.1 Å². The maximum atomic E-state index is 5.93. The summed E-state index contributed by atoms with van der Waals surface area (Å²) in [6.07, 6.45) is 3.51. The van der Waals surface area contributed by atoms with E-state index in [-0.39, 0.29) is 0 Å². The Morgan fingerprint density at radius 2 is 2.23 bits per heavy atom. The van der Waals surface area contributed by atoms with Crippen LogP contribution in [0.15, 0.2) is 0 Å². The van der Waals surface area contributed by atoms with E-state index in [9.17, 15) is 0 Å². The van der Waals surface area contributed by atoms with Crippen molar-refractivity contribution in [2.24, 2.45) is 5.73 Å². The van der Waals surface area contributed by atoms with Crippen molar-refractivity contribution in [2.75, 3.05) is 19.8 Å². The zero-order valence-corrected chi connectivity index (χ0v) is 8.41. The average Bonchev–Trinajstić information content (AvgIpc) is 2.56. The molecular weight excluding hydrogens is 164 g/mol. The van der Waals surface area contributed by atoms with E-state index >= 15 is 0 Å². The van der Waals surface area contributed by atoms with Crippen LogP contribution in [-0.2, 0) is 4.74 Å². The maximum Gasteiger partial charge on any atom is 0.0622 e. The number of nitrogens with zero attached hydrogens (tertiary/aromatic N) is 1. The van der Waals surface area contributed by atoms with E-state index < -0.39 is 0 Å². The van der Waals surface area contributed by atoms with Gasteiger partial charge in [-0.25, -0.2) is 0 Å². The number of hydrogen-bond donors (Lipinski definition) is 1. The van der Waals surface area contributed by atoms with Gasteiger partial charge in [-0.3, -0.25) is 4.90 Å². The molecule has 0 radical (unpaired) electrons. The summed E-state index contributed by atoms with van der Waals surface area (Å²) in [4.78, 5) is 2.58. The molecular formula is C10H20N2O. The predicted molar refractivity (Wildman–Crippen MR) is 52.6 cm³/mol. The Labute approximate surface area is 80.2 Å². The normalized spacial score (nSPS) is 42.5. The molecule has 0 aromatic carbocycles. The second-order valence-electron chi connectivity index (χ2n) is 4.39. The van der Waals surface area contributed by atoms with E-state index in [1.54, 1.807) is 0 Å². The van der Waals surface area contributed by atoms with Crippen LogP contribution in [0.2, 0.25) is 0 Å². The molecule has 2 N–H and O–H groups in total. The van der Waals surface area contributed by atoms with Gasteiger partial charge in [0.25, 0.3) is 0 Å². The molecule has 76 valence electrons. The lowest BCUT2D eigenvalue weighted by Gasteiger charge is -2.39. The Balaban J connectivity index is 1.91. The van der Waals surface area contributed by atoms with Crippen molar-refractivity contribution in [3.8, 4) is 0 Å². The van der Waals surface area contributed by atoms with Gasteiger partial charge in [0.05, 0.1) is 6.61 Å². The van der Waals surface area contributed by atoms with Gasteiger partial charge in [0.15, 0.2) is 0 Å². The fraction of sp³-hybridized carbons (Fsp3) is 1.00. The van der Waals surface area contributed by atoms with Crippen molar-refractivity contribution in [1.29, 1.82) is 0 Å². The molecule has 3 heteroatoms. The van der Waals surface area contributed by atoms with Crippen molar-refractivity contribution < 1.29 is 4.74 Å². The molecule has 2 aliphatic heterocycles. The van der Waals surface area contributed by atoms with Gasteiger partial charge in [0, 0.05) is 31.3 Å². The standard InChI is InChI=1S/C10H20N2O/c1-8-6-9(11)2-4-12(8)10-3-5-13-7-10/h8-10H,2-7,11H2,1H3. The minimum Gasteiger partial charge on any atom is -0.380 e. The fourth-order valence-corrected chi connectivity index (χ4v) is 2.55. The molecule has 3 unspecified atom stereocenters. The first-order valence-electron chi connectivity index (χ1n) is 5.36. The van der Waals surface area contributed by atoms with Crippen LogP contribution in [0, 0.1) is 0 Å². The second kappa shape index (κ2) is 3.95. The molecule has 0 amide bonds. The molecule has 0 aromatic heterocycles. The highest BCUT2D eigenvalue weighted by Crippen LogP contribution is 2.22. The van der Waals surface area contributed by atoms with Crippen LogP contribution in [0.3, 0.4) is 0 Å². The summed E-state index contributed by atoms with van der Waals surface area (Å²) in [6.45, 7) is 5.33. The molecule has 0 saturated carbocycles. The number of rotatable bonds is 1. The zero-order chi connectivity index (χ0) is 9.26. The third kappa shape index (κ3) is 2.03. The Kier molecular flexibility index (Phi) is 2.86. The number of likely N-dealkylation sites (tertiary alicyclic amines) is 1. The van der Waals surface area contributed by atoms with Crippen LogP contribution < -0.4 is 5.73 Å². The SMILES string of the molecule is CC1CC(N)CCN1C1CCOC1. The smallest absolute Gasteiger partial charge is 0.0622 e. The molecule has 2 rings (SSSR count). The number of piperidine rings is 1. The van der Waals surface area contributed by atoms with Crippen LogP contribution >= 0.6 is 0 Å². The number of nitrogens with two attached hydrogens (primary N) is 1. The van der Waals surface area contributed by atoms with Gasteiger partial charge < -0.3 is 10.5 Å². The van der Waals surface area contributed by atoms with Gasteiger partial charge in [0.1, 0.15) is 0 Å². The van der Waals surface area contributed by atoms with Crippen molar-refractivity contribution in [3.05, 3.63) is 0 Å². The molecule has 2 saturated heterocycles. The first-order valence-corrected chi connectivity index (χ1v) is 5.36. The van der Waals surface area contributed by atoms with E-state index in [0.717, 1.165) is 32.6 Å². The highest BCUT2D eigenvalue weighted by Gasteiger charge is 2.30. The Hall–Kier alpha value is -0.120. The van der Waals surface area contributed by atoms with Crippen molar-refractivity contribution in [2.45, 2.75) is 44.3 Å². The Morgan fingerprint density at radius 1 is 1.38 bits per heavy atom. The molecule has 3 nitrogen and oxygen atoms in total. The van der Waals surface area contributed by atoms with Crippen LogP contribution in [0.25, 0.3) is 0 Å². The summed E-state index contributed by atoms with van der Waals surface area (Å²) in [7, 11) is 0. The molecule has 0 spiro atoms. The largest absolute Gasteiger partial charge is 0.380 e. The third-order valence-corrected chi connectivity index (χ3v) is 3.34. The third-order valence-electron chi connectivity index (χ3n) is 3.34. The minimum atomic E-state index is 0.425. The lowest BCUT2D eigenvalue weighted by molar-refractivity contribution is 0.0818. The lowest BCUT2D eigenvalue weighted by atomic mass is 9.97. The fourth-order valence-electron chi connectivity index (χ4n) is 2.55. The van der Waals surface area contributed by atoms with Gasteiger partial charge in [-0.2, -0.15) is 0 Å². The van der Waals surface area contributed by atoms with Crippen LogP contribution in [0.4, 0.5) is 0 Å². The van der Waals surface area contributed by atoms with Crippen molar-refractivity contribution >= 4 is 0 Å². The predicted octanol–water partition coefficient (Wildman–Crippen LogP) is 0.587. The molecule has 2 aliphatic rings. The van der Waals surface area contributed by atoms with Gasteiger partial charge in [0.2, 0.25) is 0 Å². The number of hydrogen-bond acceptors (Lipinski definition) is 3. The van der Waals surface area contributed by atoms with Gasteiger partial charge in [-0.15, -0.1) is 0 Å². The molecule has 0 aliphatic carbocycles. The van der Waals surface area contributed by atoms with Crippen LogP contribution in [-0.4, -0.2) is 42.8 Å². The molecule has 2 heterocycles. The summed E-state index contributed by atoms with van der Waals surface area (Å²) in [5.41, 5.74) is 5.93. The first-order chi connectivity index (χ1) is 6.27. The van der Waals surface area contributed by atoms with Crippen molar-refractivity contribution in [3.63, 3.8) is 0 Å². The topological polar surface area (TPSA) is 38.5 Å². The second-order valence-corrected chi connectivity index (χ2v) is 4.39. The van der Waals surface area contributed by atoms with E-state index in [2.05, 4.69) is 11.8 Å². The first kappa shape index (κ1) is 9.44. The molecule has 0 bridgehead atoms. The molecule has 2 fully saturated rings. The molecule has 0 aromatic rings. The van der Waals surface area contributed by atoms with Crippen LogP contribution in [0.5, 0.6) is 0 Å². The van der Waals surface area contributed by atoms with Crippen LogP contribution in [0.1, 0.15) is 26.2 Å². The quantitative estimate of drug-likeness (QED) is 0.648. The summed E-state index contributed by atoms with van der Waals surface area (Å²) in [5, 5.41) is 0. The Bertz CT molecular complexity index is 168. The molecule has 13 heavy (non-hydrogen) atoms.